The number of nitrogens with zero attached hydrogens (tertiary/aromatic N) is 2. The van der Waals surface area contributed by atoms with Crippen LogP contribution in [0.4, 0.5) is 0 Å². The first-order valence-electron chi connectivity index (χ1n) is 12.8. The fourth-order valence-electron chi connectivity index (χ4n) is 5.63. The Morgan fingerprint density at radius 3 is 2.13 bits per heavy atom. The van der Waals surface area contributed by atoms with Crippen molar-refractivity contribution in [2.24, 2.45) is 0 Å². The van der Waals surface area contributed by atoms with E-state index in [9.17, 15) is 0 Å². The average molecular weight is 487 g/mol. The zero-order chi connectivity index (χ0) is 25.1. The van der Waals surface area contributed by atoms with Gasteiger partial charge in [0.25, 0.3) is 0 Å². The molecule has 0 bridgehead atoms. The van der Waals surface area contributed by atoms with Crippen molar-refractivity contribution in [3.8, 4) is 28.3 Å². The topological polar surface area (TPSA) is 31.0 Å². The molecule has 3 heteroatoms. The molecule has 3 nitrogen and oxygen atoms in total. The van der Waals surface area contributed by atoms with Gasteiger partial charge in [0, 0.05) is 22.0 Å². The molecule has 0 saturated heterocycles. The van der Waals surface area contributed by atoms with E-state index in [0.717, 1.165) is 16.7 Å². The van der Waals surface area contributed by atoms with Gasteiger partial charge in [0.15, 0.2) is 5.58 Å². The Morgan fingerprint density at radius 1 is 0.526 bits per heavy atom. The zero-order valence-corrected chi connectivity index (χ0v) is 20.5. The fraction of sp³-hybridized carbons (Fsp3) is 0. The van der Waals surface area contributed by atoms with E-state index in [0.29, 0.717) is 5.89 Å². The van der Waals surface area contributed by atoms with Crippen LogP contribution in [0.15, 0.2) is 138 Å². The van der Waals surface area contributed by atoms with Crippen molar-refractivity contribution < 1.29 is 4.42 Å². The summed E-state index contributed by atoms with van der Waals surface area (Å²) in [5.74, 6) is 0.647. The number of benzene rings is 6. The molecule has 0 unspecified atom stereocenters. The normalized spacial score (nSPS) is 11.7. The van der Waals surface area contributed by atoms with Crippen molar-refractivity contribution >= 4 is 43.7 Å². The number of fused-ring (bicyclic) bond motifs is 6. The second kappa shape index (κ2) is 8.19. The molecule has 0 fully saturated rings. The summed E-state index contributed by atoms with van der Waals surface area (Å²) in [5.41, 5.74) is 8.63. The minimum absolute atomic E-state index is 0.647. The van der Waals surface area contributed by atoms with Crippen LogP contribution in [0.25, 0.3) is 71.9 Å². The van der Waals surface area contributed by atoms with Gasteiger partial charge in [0.2, 0.25) is 5.89 Å². The molecule has 0 atom stereocenters. The van der Waals surface area contributed by atoms with E-state index in [1.807, 2.05) is 24.3 Å². The van der Waals surface area contributed by atoms with E-state index in [4.69, 9.17) is 4.42 Å². The molecule has 0 radical (unpaired) electrons. The molecule has 178 valence electrons. The maximum atomic E-state index is 5.95. The van der Waals surface area contributed by atoms with Crippen LogP contribution in [0.2, 0.25) is 0 Å². The summed E-state index contributed by atoms with van der Waals surface area (Å²) in [7, 11) is 0. The number of para-hydroxylation sites is 4. The third-order valence-corrected chi connectivity index (χ3v) is 7.43. The summed E-state index contributed by atoms with van der Waals surface area (Å²) in [4.78, 5) is 4.64. The lowest BCUT2D eigenvalue weighted by atomic mass is 9.98. The summed E-state index contributed by atoms with van der Waals surface area (Å²) >= 11 is 0. The number of hydrogen-bond donors (Lipinski definition) is 0. The number of aromatic nitrogens is 2. The summed E-state index contributed by atoms with van der Waals surface area (Å²) in [6.07, 6.45) is 0. The Kier molecular flexibility index (Phi) is 4.52. The average Bonchev–Trinajstić information content (AvgIpc) is 3.57. The molecule has 2 aromatic heterocycles. The van der Waals surface area contributed by atoms with Crippen LogP contribution in [-0.4, -0.2) is 9.55 Å². The van der Waals surface area contributed by atoms with Crippen LogP contribution in [-0.2, 0) is 0 Å². The second-order valence-corrected chi connectivity index (χ2v) is 9.65. The first kappa shape index (κ1) is 21.0. The molecule has 0 N–H and O–H groups in total. The van der Waals surface area contributed by atoms with Gasteiger partial charge in [-0.1, -0.05) is 78.9 Å². The fourth-order valence-corrected chi connectivity index (χ4v) is 5.63. The van der Waals surface area contributed by atoms with Crippen molar-refractivity contribution in [1.82, 2.24) is 9.55 Å². The van der Waals surface area contributed by atoms with Crippen LogP contribution in [0.1, 0.15) is 0 Å². The third kappa shape index (κ3) is 3.19. The largest absolute Gasteiger partial charge is 0.436 e. The number of rotatable bonds is 3. The van der Waals surface area contributed by atoms with Crippen LogP contribution in [0.3, 0.4) is 0 Å². The lowest BCUT2D eigenvalue weighted by Gasteiger charge is -2.09. The van der Waals surface area contributed by atoms with Crippen molar-refractivity contribution in [3.05, 3.63) is 133 Å². The van der Waals surface area contributed by atoms with Crippen molar-refractivity contribution in [2.45, 2.75) is 0 Å². The minimum Gasteiger partial charge on any atom is -0.436 e. The Balaban J connectivity index is 1.25. The molecular weight excluding hydrogens is 464 g/mol. The smallest absolute Gasteiger partial charge is 0.227 e. The minimum atomic E-state index is 0.647. The highest BCUT2D eigenvalue weighted by molar-refractivity contribution is 6.21. The Morgan fingerprint density at radius 2 is 1.26 bits per heavy atom. The predicted molar refractivity (Wildman–Crippen MR) is 157 cm³/mol. The van der Waals surface area contributed by atoms with E-state index < -0.39 is 0 Å². The molecule has 0 aliphatic rings. The first-order chi connectivity index (χ1) is 18.8. The monoisotopic (exact) mass is 486 g/mol. The van der Waals surface area contributed by atoms with Gasteiger partial charge >= 0.3 is 0 Å². The molecule has 6 aromatic carbocycles. The first-order valence-corrected chi connectivity index (χ1v) is 12.8. The standard InChI is InChI=1S/C35H22N2O/c1-2-8-27(9-3-1)37-31-12-6-4-10-29(31)34-28-20-18-25(22-26(28)19-21-32(34)37)23-14-16-24(17-15-23)35-36-30-11-5-7-13-33(30)38-35/h1-22H. The Hall–Kier alpha value is -5.15. The molecule has 0 amide bonds. The molecule has 38 heavy (non-hydrogen) atoms. The van der Waals surface area contributed by atoms with Gasteiger partial charge in [0.05, 0.1) is 11.0 Å². The van der Waals surface area contributed by atoms with Crippen molar-refractivity contribution in [3.63, 3.8) is 0 Å². The molecule has 8 aromatic rings. The number of hydrogen-bond acceptors (Lipinski definition) is 2. The molecule has 0 saturated carbocycles. The molecule has 8 rings (SSSR count). The van der Waals surface area contributed by atoms with Crippen LogP contribution in [0, 0.1) is 0 Å². The van der Waals surface area contributed by atoms with Gasteiger partial charge in [-0.25, -0.2) is 4.98 Å². The highest BCUT2D eigenvalue weighted by atomic mass is 16.3. The lowest BCUT2D eigenvalue weighted by Crippen LogP contribution is -1.92. The van der Waals surface area contributed by atoms with Crippen molar-refractivity contribution in [2.75, 3.05) is 0 Å². The highest BCUT2D eigenvalue weighted by Crippen LogP contribution is 2.38. The second-order valence-electron chi connectivity index (χ2n) is 9.65. The molecular formula is C35H22N2O. The van der Waals surface area contributed by atoms with Gasteiger partial charge in [-0.2, -0.15) is 0 Å². The highest BCUT2D eigenvalue weighted by Gasteiger charge is 2.15. The summed E-state index contributed by atoms with van der Waals surface area (Å²) in [6, 6.07) is 46.9. The lowest BCUT2D eigenvalue weighted by molar-refractivity contribution is 0.620. The van der Waals surface area contributed by atoms with E-state index in [1.54, 1.807) is 0 Å². The van der Waals surface area contributed by atoms with Gasteiger partial charge < -0.3 is 8.98 Å². The Labute approximate surface area is 219 Å². The SMILES string of the molecule is c1ccc(-n2c3ccccc3c3c4ccc(-c5ccc(-c6nc7ccccc7o6)cc5)cc4ccc32)cc1. The zero-order valence-electron chi connectivity index (χ0n) is 20.5. The van der Waals surface area contributed by atoms with Crippen LogP contribution < -0.4 is 0 Å². The van der Waals surface area contributed by atoms with Crippen LogP contribution >= 0.6 is 0 Å². The predicted octanol–water partition coefficient (Wildman–Crippen LogP) is 9.41. The van der Waals surface area contributed by atoms with E-state index in [2.05, 4.69) is 119 Å². The quantitative estimate of drug-likeness (QED) is 0.249. The third-order valence-electron chi connectivity index (χ3n) is 7.43. The maximum Gasteiger partial charge on any atom is 0.227 e. The van der Waals surface area contributed by atoms with Gasteiger partial charge in [-0.15, -0.1) is 0 Å². The van der Waals surface area contributed by atoms with E-state index in [-0.39, 0.29) is 0 Å². The van der Waals surface area contributed by atoms with E-state index in [1.165, 1.54) is 49.4 Å². The summed E-state index contributed by atoms with van der Waals surface area (Å²) < 4.78 is 8.32. The van der Waals surface area contributed by atoms with Gasteiger partial charge in [-0.3, -0.25) is 0 Å². The number of oxazole rings is 1. The molecule has 0 aliphatic heterocycles. The summed E-state index contributed by atoms with van der Waals surface area (Å²) in [6.45, 7) is 0. The van der Waals surface area contributed by atoms with Gasteiger partial charge in [-0.05, 0) is 76.5 Å². The van der Waals surface area contributed by atoms with Crippen LogP contribution in [0.5, 0.6) is 0 Å². The molecule has 0 spiro atoms. The molecule has 2 heterocycles. The van der Waals surface area contributed by atoms with Crippen molar-refractivity contribution in [1.29, 1.82) is 0 Å². The Bertz CT molecular complexity index is 2080. The molecule has 0 aliphatic carbocycles. The maximum absolute atomic E-state index is 5.95. The summed E-state index contributed by atoms with van der Waals surface area (Å²) in [5, 5.41) is 5.06. The van der Waals surface area contributed by atoms with E-state index >= 15 is 0 Å². The van der Waals surface area contributed by atoms with Gasteiger partial charge in [0.1, 0.15) is 5.52 Å².